The summed E-state index contributed by atoms with van der Waals surface area (Å²) in [7, 11) is 3.12. The molecule has 1 aliphatic rings. The quantitative estimate of drug-likeness (QED) is 0.792. The Morgan fingerprint density at radius 1 is 1.37 bits per heavy atom. The van der Waals surface area contributed by atoms with E-state index in [0.29, 0.717) is 5.56 Å². The summed E-state index contributed by atoms with van der Waals surface area (Å²) in [5.41, 5.74) is 0.684. The monoisotopic (exact) mass is 388 g/mol. The fourth-order valence-electron chi connectivity index (χ4n) is 3.31. The van der Waals surface area contributed by atoms with Gasteiger partial charge in [-0.25, -0.2) is 4.79 Å². The van der Waals surface area contributed by atoms with Crippen LogP contribution in [0.1, 0.15) is 33.3 Å². The summed E-state index contributed by atoms with van der Waals surface area (Å²) in [6.45, 7) is 0.175. The van der Waals surface area contributed by atoms with Crippen LogP contribution in [-0.4, -0.2) is 41.9 Å². The molecular formula is C19H20N2O5S. The SMILES string of the molecule is COc1ccc(CNC(=O)[C@@H]2CC(=O)N(C)[C@H]2c2cccs2)cc1C(=O)O. The van der Waals surface area contributed by atoms with Crippen molar-refractivity contribution >= 4 is 29.1 Å². The van der Waals surface area contributed by atoms with Crippen LogP contribution in [0, 0.1) is 5.92 Å². The van der Waals surface area contributed by atoms with Gasteiger partial charge in [0.25, 0.3) is 0 Å². The molecule has 8 heteroatoms. The Kier molecular flexibility index (Phi) is 5.46. The maximum Gasteiger partial charge on any atom is 0.339 e. The van der Waals surface area contributed by atoms with E-state index in [4.69, 9.17) is 4.74 Å². The molecule has 27 heavy (non-hydrogen) atoms. The Labute approximate surface area is 160 Å². The van der Waals surface area contributed by atoms with Gasteiger partial charge in [0.1, 0.15) is 11.3 Å². The lowest BCUT2D eigenvalue weighted by atomic mass is 9.97. The van der Waals surface area contributed by atoms with Crippen LogP contribution in [0.25, 0.3) is 0 Å². The van der Waals surface area contributed by atoms with E-state index in [1.807, 2.05) is 17.5 Å². The standard InChI is InChI=1S/C19H20N2O5S/c1-21-16(22)9-13(17(21)15-4-3-7-27-15)18(23)20-10-11-5-6-14(26-2)12(8-11)19(24)25/h3-8,13,17H,9-10H2,1-2H3,(H,20,23)(H,24,25)/t13-,17-/m1/s1. The van der Waals surface area contributed by atoms with E-state index in [1.165, 1.54) is 24.5 Å². The van der Waals surface area contributed by atoms with Crippen molar-refractivity contribution in [3.8, 4) is 5.75 Å². The van der Waals surface area contributed by atoms with Crippen LogP contribution >= 0.6 is 11.3 Å². The molecule has 0 bridgehead atoms. The lowest BCUT2D eigenvalue weighted by molar-refractivity contribution is -0.128. The largest absolute Gasteiger partial charge is 0.496 e. The third-order valence-electron chi connectivity index (χ3n) is 4.72. The Bertz CT molecular complexity index is 865. The number of carbonyl (C=O) groups is 3. The van der Waals surface area contributed by atoms with E-state index >= 15 is 0 Å². The highest BCUT2D eigenvalue weighted by atomic mass is 32.1. The molecule has 2 heterocycles. The van der Waals surface area contributed by atoms with Gasteiger partial charge >= 0.3 is 5.97 Å². The maximum absolute atomic E-state index is 12.7. The molecule has 2 aromatic rings. The predicted molar refractivity (Wildman–Crippen MR) is 99.7 cm³/mol. The number of likely N-dealkylation sites (tertiary alicyclic amines) is 1. The molecule has 2 amide bonds. The number of benzene rings is 1. The van der Waals surface area contributed by atoms with Crippen LogP contribution in [0.4, 0.5) is 0 Å². The van der Waals surface area contributed by atoms with Gasteiger partial charge in [-0.3, -0.25) is 9.59 Å². The number of amides is 2. The van der Waals surface area contributed by atoms with Gasteiger partial charge in [-0.15, -0.1) is 11.3 Å². The van der Waals surface area contributed by atoms with Crippen LogP contribution in [0.5, 0.6) is 5.75 Å². The Morgan fingerprint density at radius 3 is 2.78 bits per heavy atom. The summed E-state index contributed by atoms with van der Waals surface area (Å²) in [6.07, 6.45) is 0.161. The topological polar surface area (TPSA) is 95.9 Å². The van der Waals surface area contributed by atoms with Gasteiger partial charge in [-0.1, -0.05) is 12.1 Å². The number of nitrogens with one attached hydrogen (secondary N) is 1. The zero-order chi connectivity index (χ0) is 19.6. The maximum atomic E-state index is 12.7. The second-order valence-corrected chi connectivity index (χ2v) is 7.31. The first-order valence-electron chi connectivity index (χ1n) is 8.39. The van der Waals surface area contributed by atoms with Gasteiger partial charge in [0.15, 0.2) is 0 Å². The number of ether oxygens (including phenoxy) is 1. The van der Waals surface area contributed by atoms with Gasteiger partial charge in [0.05, 0.1) is 19.1 Å². The zero-order valence-corrected chi connectivity index (χ0v) is 15.8. The second-order valence-electron chi connectivity index (χ2n) is 6.33. The molecule has 7 nitrogen and oxygen atoms in total. The molecule has 0 unspecified atom stereocenters. The van der Waals surface area contributed by atoms with Gasteiger partial charge in [0.2, 0.25) is 11.8 Å². The van der Waals surface area contributed by atoms with Gasteiger partial charge in [-0.05, 0) is 29.1 Å². The lowest BCUT2D eigenvalue weighted by Crippen LogP contribution is -2.34. The van der Waals surface area contributed by atoms with E-state index in [-0.39, 0.29) is 42.1 Å². The van der Waals surface area contributed by atoms with Crippen LogP contribution in [0.2, 0.25) is 0 Å². The summed E-state index contributed by atoms with van der Waals surface area (Å²) >= 11 is 1.52. The Hall–Kier alpha value is -2.87. The number of hydrogen-bond donors (Lipinski definition) is 2. The van der Waals surface area contributed by atoms with Crippen LogP contribution in [0.15, 0.2) is 35.7 Å². The molecule has 1 saturated heterocycles. The highest BCUT2D eigenvalue weighted by Crippen LogP contribution is 2.39. The molecule has 0 aliphatic carbocycles. The third-order valence-corrected chi connectivity index (χ3v) is 5.66. The normalized spacial score (nSPS) is 19.2. The summed E-state index contributed by atoms with van der Waals surface area (Å²) in [4.78, 5) is 38.8. The molecule has 3 rings (SSSR count). The minimum atomic E-state index is -1.10. The number of methoxy groups -OCH3 is 1. The van der Waals surface area contributed by atoms with E-state index < -0.39 is 11.9 Å². The minimum Gasteiger partial charge on any atom is -0.496 e. The summed E-state index contributed by atoms with van der Waals surface area (Å²) < 4.78 is 5.04. The highest BCUT2D eigenvalue weighted by molar-refractivity contribution is 7.10. The molecule has 0 saturated carbocycles. The third kappa shape index (κ3) is 3.80. The van der Waals surface area contributed by atoms with Gasteiger partial charge in [0, 0.05) is 24.9 Å². The smallest absolute Gasteiger partial charge is 0.339 e. The molecule has 142 valence electrons. The number of carboxylic acids is 1. The van der Waals surface area contributed by atoms with Crippen molar-refractivity contribution in [2.75, 3.05) is 14.2 Å². The van der Waals surface area contributed by atoms with Crippen molar-refractivity contribution in [3.63, 3.8) is 0 Å². The number of rotatable bonds is 6. The molecule has 0 radical (unpaired) electrons. The molecule has 1 aromatic carbocycles. The number of carbonyl (C=O) groups excluding carboxylic acids is 2. The van der Waals surface area contributed by atoms with Gasteiger partial charge in [-0.2, -0.15) is 0 Å². The zero-order valence-electron chi connectivity index (χ0n) is 15.0. The number of aromatic carboxylic acids is 1. The highest BCUT2D eigenvalue weighted by Gasteiger charge is 2.43. The van der Waals surface area contributed by atoms with E-state index in [1.54, 1.807) is 24.1 Å². The summed E-state index contributed by atoms with van der Waals surface area (Å²) in [5.74, 6) is -1.59. The van der Waals surface area contributed by atoms with Crippen molar-refractivity contribution in [2.24, 2.45) is 5.92 Å². The van der Waals surface area contributed by atoms with Crippen molar-refractivity contribution in [3.05, 3.63) is 51.7 Å². The fourth-order valence-corrected chi connectivity index (χ4v) is 4.24. The molecule has 2 N–H and O–H groups in total. The Morgan fingerprint density at radius 2 is 2.15 bits per heavy atom. The fraction of sp³-hybridized carbons (Fsp3) is 0.316. The van der Waals surface area contributed by atoms with Crippen molar-refractivity contribution in [2.45, 2.75) is 19.0 Å². The molecule has 0 spiro atoms. The molecule has 1 aliphatic heterocycles. The van der Waals surface area contributed by atoms with E-state index in [0.717, 1.165) is 4.88 Å². The Balaban J connectivity index is 1.73. The van der Waals surface area contributed by atoms with Crippen LogP contribution in [-0.2, 0) is 16.1 Å². The molecule has 1 fully saturated rings. The van der Waals surface area contributed by atoms with Crippen LogP contribution < -0.4 is 10.1 Å². The van der Waals surface area contributed by atoms with E-state index in [2.05, 4.69) is 5.32 Å². The number of carboxylic acid groups (broad SMARTS) is 1. The van der Waals surface area contributed by atoms with Crippen molar-refractivity contribution in [1.29, 1.82) is 0 Å². The number of thiophene rings is 1. The number of nitrogens with zero attached hydrogens (tertiary/aromatic N) is 1. The molecule has 2 atom stereocenters. The average molecular weight is 388 g/mol. The van der Waals surface area contributed by atoms with E-state index in [9.17, 15) is 19.5 Å². The first-order chi connectivity index (χ1) is 12.9. The minimum absolute atomic E-state index is 0.0384. The van der Waals surface area contributed by atoms with Crippen molar-refractivity contribution < 1.29 is 24.2 Å². The summed E-state index contributed by atoms with van der Waals surface area (Å²) in [5, 5.41) is 14.0. The first-order valence-corrected chi connectivity index (χ1v) is 9.27. The first kappa shape index (κ1) is 18.9. The second kappa shape index (κ2) is 7.79. The van der Waals surface area contributed by atoms with Gasteiger partial charge < -0.3 is 20.1 Å². The molecular weight excluding hydrogens is 368 g/mol. The van der Waals surface area contributed by atoms with Crippen LogP contribution in [0.3, 0.4) is 0 Å². The average Bonchev–Trinajstić information content (AvgIpc) is 3.28. The van der Waals surface area contributed by atoms with Crippen molar-refractivity contribution in [1.82, 2.24) is 10.2 Å². The predicted octanol–water partition coefficient (Wildman–Crippen LogP) is 2.29. The summed E-state index contributed by atoms with van der Waals surface area (Å²) in [6, 6.07) is 8.29. The molecule has 1 aromatic heterocycles. The lowest BCUT2D eigenvalue weighted by Gasteiger charge is -2.23. The number of hydrogen-bond acceptors (Lipinski definition) is 5.